The molecule has 20 heavy (non-hydrogen) atoms. The summed E-state index contributed by atoms with van der Waals surface area (Å²) in [4.78, 5) is 14.1. The van der Waals surface area contributed by atoms with Crippen molar-refractivity contribution in [2.45, 2.75) is 46.2 Å². The predicted octanol–water partition coefficient (Wildman–Crippen LogP) is 3.24. The third kappa shape index (κ3) is 1.50. The second-order valence-electron chi connectivity index (χ2n) is 6.46. The molecule has 1 aromatic rings. The molecule has 2 heterocycles. The summed E-state index contributed by atoms with van der Waals surface area (Å²) in [7, 11) is 0. The Labute approximate surface area is 118 Å². The number of carbonyl (C=O) groups excluding carboxylic acids is 1. The van der Waals surface area contributed by atoms with Crippen LogP contribution in [0.5, 0.6) is 0 Å². The predicted molar refractivity (Wildman–Crippen MR) is 75.2 cm³/mol. The lowest BCUT2D eigenvalue weighted by atomic mass is 9.75. The minimum absolute atomic E-state index is 0.00185. The fraction of sp³-hybridized carbons (Fsp3) is 0.533. The minimum Gasteiger partial charge on any atom is -0.305 e. The maximum atomic E-state index is 12.5. The summed E-state index contributed by atoms with van der Waals surface area (Å²) in [5, 5.41) is 8.49. The van der Waals surface area contributed by atoms with Crippen molar-refractivity contribution < 1.29 is 9.53 Å². The van der Waals surface area contributed by atoms with E-state index in [1.165, 1.54) is 0 Å². The molecule has 0 radical (unpaired) electrons. The van der Waals surface area contributed by atoms with Crippen LogP contribution in [-0.2, 0) is 9.53 Å². The van der Waals surface area contributed by atoms with E-state index in [1.54, 1.807) is 4.90 Å². The number of hydrogen-bond acceptors (Lipinski definition) is 4. The van der Waals surface area contributed by atoms with E-state index in [9.17, 15) is 4.79 Å². The number of ether oxygens (including phenoxy) is 1. The first-order valence-corrected chi connectivity index (χ1v) is 6.75. The summed E-state index contributed by atoms with van der Waals surface area (Å²) in [5.74, 6) is -1.03. The molecule has 1 aromatic carbocycles. The molecule has 0 N–H and O–H groups in total. The van der Waals surface area contributed by atoms with Gasteiger partial charge in [0.1, 0.15) is 5.41 Å². The van der Waals surface area contributed by atoms with Crippen molar-refractivity contribution in [3.05, 3.63) is 29.8 Å². The topological polar surface area (TPSA) is 54.3 Å². The van der Waals surface area contributed by atoms with E-state index in [0.717, 1.165) is 11.3 Å². The summed E-state index contributed by atoms with van der Waals surface area (Å²) >= 11 is 0. The Kier molecular flexibility index (Phi) is 2.43. The van der Waals surface area contributed by atoms with E-state index in [-0.39, 0.29) is 5.91 Å². The standard InChI is InChI=1S/C15H19N3O2/c1-10-6-8-11(9-7-10)18-12(19)13(2,3)15(18)17-16-14(4,5)20-15/h6-9H,1-5H3. The third-order valence-corrected chi connectivity index (χ3v) is 3.97. The van der Waals surface area contributed by atoms with Crippen LogP contribution in [0.25, 0.3) is 0 Å². The molecule has 1 saturated heterocycles. The highest BCUT2D eigenvalue weighted by Gasteiger charge is 2.72. The lowest BCUT2D eigenvalue weighted by Crippen LogP contribution is -2.76. The Bertz CT molecular complexity index is 604. The fourth-order valence-electron chi connectivity index (χ4n) is 2.69. The Morgan fingerprint density at radius 1 is 1.05 bits per heavy atom. The van der Waals surface area contributed by atoms with Gasteiger partial charge in [-0.1, -0.05) is 17.7 Å². The second-order valence-corrected chi connectivity index (χ2v) is 6.46. The zero-order valence-electron chi connectivity index (χ0n) is 12.5. The number of hydrogen-bond donors (Lipinski definition) is 0. The molecular formula is C15H19N3O2. The zero-order chi connectivity index (χ0) is 14.8. The summed E-state index contributed by atoms with van der Waals surface area (Å²) in [5.41, 5.74) is 0.511. The highest BCUT2D eigenvalue weighted by molar-refractivity contribution is 6.06. The van der Waals surface area contributed by atoms with E-state index in [2.05, 4.69) is 10.2 Å². The molecule has 0 saturated carbocycles. The second kappa shape index (κ2) is 3.67. The number of rotatable bonds is 1. The molecule has 1 spiro atoms. The van der Waals surface area contributed by atoms with E-state index < -0.39 is 17.0 Å². The van der Waals surface area contributed by atoms with Gasteiger partial charge in [-0.3, -0.25) is 9.69 Å². The molecule has 2 aliphatic heterocycles. The highest BCUT2D eigenvalue weighted by Crippen LogP contribution is 2.56. The van der Waals surface area contributed by atoms with Crippen LogP contribution >= 0.6 is 0 Å². The smallest absolute Gasteiger partial charge is 0.280 e. The maximum absolute atomic E-state index is 12.5. The van der Waals surface area contributed by atoms with Crippen LogP contribution < -0.4 is 4.90 Å². The van der Waals surface area contributed by atoms with Crippen LogP contribution in [-0.4, -0.2) is 17.5 Å². The Morgan fingerprint density at radius 3 is 2.15 bits per heavy atom. The van der Waals surface area contributed by atoms with Gasteiger partial charge in [-0.2, -0.15) is 5.11 Å². The molecule has 1 atom stereocenters. The molecule has 3 rings (SSSR count). The SMILES string of the molecule is Cc1ccc(N2C(=O)C(C)(C)C23N=NC(C)(C)O3)cc1. The van der Waals surface area contributed by atoms with Crippen molar-refractivity contribution >= 4 is 11.6 Å². The third-order valence-electron chi connectivity index (χ3n) is 3.97. The molecule has 1 unspecified atom stereocenters. The molecule has 1 amide bonds. The quantitative estimate of drug-likeness (QED) is 0.737. The van der Waals surface area contributed by atoms with Crippen molar-refractivity contribution in [3.8, 4) is 0 Å². The number of aryl methyl sites for hydroxylation is 1. The fourth-order valence-corrected chi connectivity index (χ4v) is 2.69. The van der Waals surface area contributed by atoms with Crippen LogP contribution in [0.1, 0.15) is 33.3 Å². The van der Waals surface area contributed by atoms with Crippen molar-refractivity contribution in [2.75, 3.05) is 4.90 Å². The first-order valence-electron chi connectivity index (χ1n) is 6.75. The zero-order valence-corrected chi connectivity index (χ0v) is 12.5. The van der Waals surface area contributed by atoms with Crippen LogP contribution in [0.4, 0.5) is 5.69 Å². The average molecular weight is 273 g/mol. The van der Waals surface area contributed by atoms with Crippen LogP contribution in [0.15, 0.2) is 34.5 Å². The summed E-state index contributed by atoms with van der Waals surface area (Å²) < 4.78 is 6.03. The van der Waals surface area contributed by atoms with Gasteiger partial charge in [-0.15, -0.1) is 5.11 Å². The van der Waals surface area contributed by atoms with E-state index in [0.29, 0.717) is 0 Å². The van der Waals surface area contributed by atoms with Crippen molar-refractivity contribution in [1.29, 1.82) is 0 Å². The first kappa shape index (κ1) is 13.2. The van der Waals surface area contributed by atoms with Crippen LogP contribution in [0, 0.1) is 12.3 Å². The minimum atomic E-state index is -1.02. The molecular weight excluding hydrogens is 254 g/mol. The normalized spacial score (nSPS) is 29.9. The Balaban J connectivity index is 2.05. The molecule has 2 aliphatic rings. The van der Waals surface area contributed by atoms with E-state index >= 15 is 0 Å². The maximum Gasteiger partial charge on any atom is 0.280 e. The number of anilines is 1. The van der Waals surface area contributed by atoms with Gasteiger partial charge in [0.2, 0.25) is 5.91 Å². The van der Waals surface area contributed by atoms with Gasteiger partial charge in [-0.05, 0) is 46.8 Å². The van der Waals surface area contributed by atoms with Gasteiger partial charge in [0.25, 0.3) is 5.85 Å². The molecule has 5 nitrogen and oxygen atoms in total. The Hall–Kier alpha value is -1.75. The van der Waals surface area contributed by atoms with E-state index in [4.69, 9.17) is 4.74 Å². The van der Waals surface area contributed by atoms with Crippen molar-refractivity contribution in [2.24, 2.45) is 15.6 Å². The van der Waals surface area contributed by atoms with Crippen molar-refractivity contribution in [3.63, 3.8) is 0 Å². The summed E-state index contributed by atoms with van der Waals surface area (Å²) in [6.45, 7) is 9.39. The van der Waals surface area contributed by atoms with Gasteiger partial charge in [0.15, 0.2) is 5.72 Å². The number of benzene rings is 1. The molecule has 106 valence electrons. The monoisotopic (exact) mass is 273 g/mol. The van der Waals surface area contributed by atoms with Gasteiger partial charge < -0.3 is 4.74 Å². The van der Waals surface area contributed by atoms with Gasteiger partial charge in [0, 0.05) is 5.69 Å². The molecule has 0 aromatic heterocycles. The largest absolute Gasteiger partial charge is 0.305 e. The summed E-state index contributed by atoms with van der Waals surface area (Å²) in [6, 6.07) is 7.76. The number of azo groups is 1. The Morgan fingerprint density at radius 2 is 1.65 bits per heavy atom. The lowest BCUT2D eigenvalue weighted by Gasteiger charge is -2.56. The molecule has 5 heteroatoms. The van der Waals surface area contributed by atoms with Crippen molar-refractivity contribution in [1.82, 2.24) is 0 Å². The number of carbonyl (C=O) groups is 1. The highest BCUT2D eigenvalue weighted by atomic mass is 16.6. The van der Waals surface area contributed by atoms with E-state index in [1.807, 2.05) is 58.9 Å². The molecule has 0 bridgehead atoms. The molecule has 1 fully saturated rings. The lowest BCUT2D eigenvalue weighted by molar-refractivity contribution is -0.202. The number of β-lactam (4-membered cyclic amide) rings is 1. The van der Waals surface area contributed by atoms with Crippen LogP contribution in [0.3, 0.4) is 0 Å². The number of amides is 1. The first-order chi connectivity index (χ1) is 9.20. The molecule has 0 aliphatic carbocycles. The van der Waals surface area contributed by atoms with Gasteiger partial charge in [-0.25, -0.2) is 0 Å². The van der Waals surface area contributed by atoms with Crippen LogP contribution in [0.2, 0.25) is 0 Å². The van der Waals surface area contributed by atoms with Gasteiger partial charge >= 0.3 is 0 Å². The summed E-state index contributed by atoms with van der Waals surface area (Å²) in [6.07, 6.45) is 0. The van der Waals surface area contributed by atoms with Gasteiger partial charge in [0.05, 0.1) is 0 Å². The number of nitrogens with zero attached hydrogens (tertiary/aromatic N) is 3. The average Bonchev–Trinajstić information content (AvgIpc) is 2.71.